The van der Waals surface area contributed by atoms with Crippen LogP contribution in [0.5, 0.6) is 0 Å². The van der Waals surface area contributed by atoms with Crippen molar-refractivity contribution in [1.82, 2.24) is 14.5 Å². The summed E-state index contributed by atoms with van der Waals surface area (Å²) in [6.45, 7) is 2.39. The minimum absolute atomic E-state index is 0.00479. The van der Waals surface area contributed by atoms with Crippen LogP contribution in [-0.4, -0.2) is 27.7 Å². The third-order valence-electron chi connectivity index (χ3n) is 3.63. The van der Waals surface area contributed by atoms with E-state index in [2.05, 4.69) is 9.97 Å². The third-order valence-corrected chi connectivity index (χ3v) is 3.63. The first-order valence-corrected chi connectivity index (χ1v) is 6.72. The molecule has 0 N–H and O–H groups in total. The molecule has 0 bridgehead atoms. The molecule has 2 aromatic heterocycles. The Balaban J connectivity index is 1.77. The maximum Gasteiger partial charge on any atom is 0.262 e. The number of ether oxygens (including phenoxy) is 1. The fourth-order valence-electron chi connectivity index (χ4n) is 2.51. The van der Waals surface area contributed by atoms with Crippen LogP contribution in [0, 0.1) is 5.92 Å². The highest BCUT2D eigenvalue weighted by Crippen LogP contribution is 2.17. The van der Waals surface area contributed by atoms with Crippen LogP contribution in [0.25, 0.3) is 11.0 Å². The van der Waals surface area contributed by atoms with Gasteiger partial charge >= 0.3 is 0 Å². The molecular formula is C14H17N3O2. The summed E-state index contributed by atoms with van der Waals surface area (Å²) in [5.41, 5.74) is 0.513. The van der Waals surface area contributed by atoms with E-state index in [0.29, 0.717) is 23.5 Å². The summed E-state index contributed by atoms with van der Waals surface area (Å²) in [6.07, 6.45) is 6.53. The lowest BCUT2D eigenvalue weighted by molar-refractivity contribution is 0.0499. The number of hydrogen-bond acceptors (Lipinski definition) is 4. The number of aryl methyl sites for hydroxylation is 1. The first kappa shape index (κ1) is 12.3. The summed E-state index contributed by atoms with van der Waals surface area (Å²) in [7, 11) is 0. The molecule has 5 nitrogen and oxygen atoms in total. The van der Waals surface area contributed by atoms with Crippen LogP contribution in [0.2, 0.25) is 0 Å². The summed E-state index contributed by atoms with van der Waals surface area (Å²) in [6, 6.07) is 3.54. The molecule has 1 aliphatic heterocycles. The van der Waals surface area contributed by atoms with Crippen molar-refractivity contribution < 1.29 is 4.74 Å². The monoisotopic (exact) mass is 259 g/mol. The zero-order valence-corrected chi connectivity index (χ0v) is 10.8. The zero-order valence-electron chi connectivity index (χ0n) is 10.8. The second-order valence-electron chi connectivity index (χ2n) is 4.99. The molecule has 1 saturated heterocycles. The van der Waals surface area contributed by atoms with Crippen molar-refractivity contribution in [3.63, 3.8) is 0 Å². The van der Waals surface area contributed by atoms with Crippen LogP contribution in [-0.2, 0) is 11.3 Å². The maximum absolute atomic E-state index is 12.3. The first-order chi connectivity index (χ1) is 9.34. The number of fused-ring (bicyclic) bond motifs is 1. The van der Waals surface area contributed by atoms with Crippen LogP contribution in [0.4, 0.5) is 0 Å². The Labute approximate surface area is 111 Å². The molecule has 0 radical (unpaired) electrons. The van der Waals surface area contributed by atoms with Gasteiger partial charge in [-0.3, -0.25) is 9.36 Å². The van der Waals surface area contributed by atoms with E-state index in [0.717, 1.165) is 26.1 Å². The Morgan fingerprint density at radius 3 is 3.21 bits per heavy atom. The van der Waals surface area contributed by atoms with Crippen molar-refractivity contribution in [2.24, 2.45) is 5.92 Å². The molecule has 19 heavy (non-hydrogen) atoms. The number of nitrogens with zero attached hydrogens (tertiary/aromatic N) is 3. The van der Waals surface area contributed by atoms with Gasteiger partial charge in [0.05, 0.1) is 11.7 Å². The molecule has 2 aromatic rings. The molecule has 3 rings (SSSR count). The molecule has 0 aromatic carbocycles. The van der Waals surface area contributed by atoms with Crippen molar-refractivity contribution in [3.05, 3.63) is 35.0 Å². The van der Waals surface area contributed by atoms with Crippen LogP contribution >= 0.6 is 0 Å². The van der Waals surface area contributed by atoms with Gasteiger partial charge in [-0.2, -0.15) is 0 Å². The van der Waals surface area contributed by atoms with Crippen LogP contribution < -0.4 is 5.56 Å². The Kier molecular flexibility index (Phi) is 3.55. The third kappa shape index (κ3) is 2.66. The average Bonchev–Trinajstić information content (AvgIpc) is 2.48. The Bertz CT molecular complexity index is 617. The number of hydrogen-bond donors (Lipinski definition) is 0. The van der Waals surface area contributed by atoms with E-state index in [1.807, 2.05) is 0 Å². The minimum atomic E-state index is -0.00479. The van der Waals surface area contributed by atoms with Gasteiger partial charge in [0.25, 0.3) is 5.56 Å². The van der Waals surface area contributed by atoms with E-state index in [9.17, 15) is 4.79 Å². The molecule has 100 valence electrons. The van der Waals surface area contributed by atoms with Crippen LogP contribution in [0.1, 0.15) is 19.3 Å². The first-order valence-electron chi connectivity index (χ1n) is 6.72. The van der Waals surface area contributed by atoms with E-state index >= 15 is 0 Å². The SMILES string of the molecule is O=c1c2cccnc2ncn1CC[C@@H]1CCCOC1. The Morgan fingerprint density at radius 2 is 2.37 bits per heavy atom. The predicted molar refractivity (Wildman–Crippen MR) is 72.0 cm³/mol. The van der Waals surface area contributed by atoms with Gasteiger partial charge in [0, 0.05) is 26.0 Å². The molecule has 0 amide bonds. The lowest BCUT2D eigenvalue weighted by atomic mass is 9.99. The van der Waals surface area contributed by atoms with E-state index in [1.54, 1.807) is 29.2 Å². The largest absolute Gasteiger partial charge is 0.381 e. The van der Waals surface area contributed by atoms with Crippen LogP contribution in [0.3, 0.4) is 0 Å². The predicted octanol–water partition coefficient (Wildman–Crippen LogP) is 1.61. The summed E-state index contributed by atoms with van der Waals surface area (Å²) in [5, 5.41) is 0.588. The zero-order chi connectivity index (χ0) is 13.1. The number of pyridine rings is 1. The van der Waals surface area contributed by atoms with Gasteiger partial charge in [0.15, 0.2) is 5.65 Å². The fraction of sp³-hybridized carbons (Fsp3) is 0.500. The van der Waals surface area contributed by atoms with Gasteiger partial charge in [-0.1, -0.05) is 0 Å². The van der Waals surface area contributed by atoms with E-state index in [1.165, 1.54) is 6.42 Å². The van der Waals surface area contributed by atoms with Crippen molar-refractivity contribution in [3.8, 4) is 0 Å². The lowest BCUT2D eigenvalue weighted by Gasteiger charge is -2.22. The van der Waals surface area contributed by atoms with Crippen molar-refractivity contribution >= 4 is 11.0 Å². The van der Waals surface area contributed by atoms with Crippen molar-refractivity contribution in [1.29, 1.82) is 0 Å². The molecule has 1 aliphatic rings. The maximum atomic E-state index is 12.3. The number of rotatable bonds is 3. The fourth-order valence-corrected chi connectivity index (χ4v) is 2.51. The summed E-state index contributed by atoms with van der Waals surface area (Å²) < 4.78 is 7.14. The summed E-state index contributed by atoms with van der Waals surface area (Å²) in [5.74, 6) is 0.560. The normalized spacial score (nSPS) is 19.7. The number of aromatic nitrogens is 3. The van der Waals surface area contributed by atoms with Gasteiger partial charge in [-0.15, -0.1) is 0 Å². The Hall–Kier alpha value is -1.75. The molecule has 5 heteroatoms. The molecule has 0 spiro atoms. The molecule has 3 heterocycles. The van der Waals surface area contributed by atoms with Gasteiger partial charge in [-0.05, 0) is 37.3 Å². The van der Waals surface area contributed by atoms with E-state index in [-0.39, 0.29) is 5.56 Å². The van der Waals surface area contributed by atoms with E-state index < -0.39 is 0 Å². The molecule has 1 atom stereocenters. The summed E-state index contributed by atoms with van der Waals surface area (Å²) >= 11 is 0. The van der Waals surface area contributed by atoms with E-state index in [4.69, 9.17) is 4.74 Å². The standard InChI is InChI=1S/C14H17N3O2/c18-14-12-4-1-6-15-13(12)16-10-17(14)7-5-11-3-2-8-19-9-11/h1,4,6,10-11H,2-3,5,7-9H2/t11-/m0/s1. The Morgan fingerprint density at radius 1 is 1.42 bits per heavy atom. The van der Waals surface area contributed by atoms with Gasteiger partial charge in [-0.25, -0.2) is 9.97 Å². The van der Waals surface area contributed by atoms with Gasteiger partial charge < -0.3 is 4.74 Å². The average molecular weight is 259 g/mol. The topological polar surface area (TPSA) is 57.0 Å². The van der Waals surface area contributed by atoms with Crippen molar-refractivity contribution in [2.45, 2.75) is 25.8 Å². The molecule has 0 saturated carbocycles. The smallest absolute Gasteiger partial charge is 0.262 e. The molecule has 0 unspecified atom stereocenters. The lowest BCUT2D eigenvalue weighted by Crippen LogP contribution is -2.24. The van der Waals surface area contributed by atoms with Crippen molar-refractivity contribution in [2.75, 3.05) is 13.2 Å². The molecule has 0 aliphatic carbocycles. The molecule has 1 fully saturated rings. The second kappa shape index (κ2) is 5.48. The highest BCUT2D eigenvalue weighted by molar-refractivity contribution is 5.72. The second-order valence-corrected chi connectivity index (χ2v) is 4.99. The molecular weight excluding hydrogens is 242 g/mol. The van der Waals surface area contributed by atoms with Crippen LogP contribution in [0.15, 0.2) is 29.5 Å². The van der Waals surface area contributed by atoms with Gasteiger partial charge in [0.2, 0.25) is 0 Å². The van der Waals surface area contributed by atoms with Gasteiger partial charge in [0.1, 0.15) is 0 Å². The highest BCUT2D eigenvalue weighted by atomic mass is 16.5. The minimum Gasteiger partial charge on any atom is -0.381 e. The quantitative estimate of drug-likeness (QED) is 0.840. The summed E-state index contributed by atoms with van der Waals surface area (Å²) in [4.78, 5) is 20.6. The highest BCUT2D eigenvalue weighted by Gasteiger charge is 2.14.